The molecule has 0 bridgehead atoms. The Labute approximate surface area is 176 Å². The molecule has 2 aromatic rings. The number of sulfonamides is 1. The molecule has 0 fully saturated rings. The van der Waals surface area contributed by atoms with E-state index in [1.54, 1.807) is 18.2 Å². The fourth-order valence-electron chi connectivity index (χ4n) is 3.19. The number of benzene rings is 2. The number of nitrogens with zero attached hydrogens (tertiary/aromatic N) is 1. The highest BCUT2D eigenvalue weighted by atomic mass is 35.5. The maximum absolute atomic E-state index is 13.2. The van der Waals surface area contributed by atoms with Crippen LogP contribution in [0.1, 0.15) is 17.5 Å². The van der Waals surface area contributed by atoms with Crippen molar-refractivity contribution in [2.24, 2.45) is 0 Å². The summed E-state index contributed by atoms with van der Waals surface area (Å²) >= 11 is 5.99. The Hall–Kier alpha value is -2.46. The zero-order chi connectivity index (χ0) is 22.1. The second-order valence-corrected chi connectivity index (χ2v) is 8.77. The number of hydrogen-bond acceptors (Lipinski definition) is 5. The zero-order valence-electron chi connectivity index (χ0n) is 15.7. The zero-order valence-corrected chi connectivity index (χ0v) is 17.3. The van der Waals surface area contributed by atoms with Gasteiger partial charge in [0, 0.05) is 12.6 Å². The molecule has 3 rings (SSSR count). The lowest BCUT2D eigenvalue weighted by Gasteiger charge is -2.31. The van der Waals surface area contributed by atoms with Crippen LogP contribution in [0.25, 0.3) is 0 Å². The van der Waals surface area contributed by atoms with E-state index < -0.39 is 33.1 Å². The molecule has 0 unspecified atom stereocenters. The van der Waals surface area contributed by atoms with Gasteiger partial charge in [0.15, 0.2) is 0 Å². The number of esters is 1. The molecule has 0 saturated heterocycles. The number of ether oxygens (including phenoxy) is 2. The van der Waals surface area contributed by atoms with E-state index in [-0.39, 0.29) is 17.9 Å². The first kappa shape index (κ1) is 22.2. The molecule has 0 spiro atoms. The van der Waals surface area contributed by atoms with Crippen molar-refractivity contribution >= 4 is 33.3 Å². The van der Waals surface area contributed by atoms with E-state index in [9.17, 15) is 26.4 Å². The average Bonchev–Trinajstić information content (AvgIpc) is 2.65. The third-order valence-electron chi connectivity index (χ3n) is 4.51. The molecule has 1 aliphatic heterocycles. The number of aryl methyl sites for hydroxylation is 1. The fraction of sp³-hybridized carbons (Fsp3) is 0.316. The Bertz CT molecular complexity index is 1070. The van der Waals surface area contributed by atoms with Gasteiger partial charge in [0.05, 0.1) is 24.2 Å². The smallest absolute Gasteiger partial charge is 0.469 e. The minimum absolute atomic E-state index is 0.0259. The van der Waals surface area contributed by atoms with Crippen LogP contribution in [0.4, 0.5) is 18.9 Å². The first-order valence-electron chi connectivity index (χ1n) is 8.78. The van der Waals surface area contributed by atoms with Gasteiger partial charge in [-0.3, -0.25) is 9.10 Å². The second-order valence-electron chi connectivity index (χ2n) is 6.54. The van der Waals surface area contributed by atoms with Crippen LogP contribution >= 0.6 is 11.6 Å². The molecule has 0 amide bonds. The normalized spacial score (nSPS) is 14.2. The third-order valence-corrected chi connectivity index (χ3v) is 6.80. The molecule has 0 radical (unpaired) electrons. The van der Waals surface area contributed by atoms with Crippen molar-refractivity contribution in [1.29, 1.82) is 0 Å². The highest BCUT2D eigenvalue weighted by Crippen LogP contribution is 2.36. The van der Waals surface area contributed by atoms with Crippen molar-refractivity contribution in [2.75, 3.05) is 18.0 Å². The van der Waals surface area contributed by atoms with E-state index in [2.05, 4.69) is 9.47 Å². The number of anilines is 1. The summed E-state index contributed by atoms with van der Waals surface area (Å²) in [4.78, 5) is 11.2. The van der Waals surface area contributed by atoms with Crippen LogP contribution in [0.2, 0.25) is 5.02 Å². The lowest BCUT2D eigenvalue weighted by molar-refractivity contribution is -0.274. The van der Waals surface area contributed by atoms with E-state index in [4.69, 9.17) is 11.6 Å². The van der Waals surface area contributed by atoms with Crippen LogP contribution in [0, 0.1) is 0 Å². The Morgan fingerprint density at radius 2 is 1.93 bits per heavy atom. The van der Waals surface area contributed by atoms with E-state index in [1.807, 2.05) is 0 Å². The minimum Gasteiger partial charge on any atom is -0.469 e. The average molecular weight is 464 g/mol. The standard InChI is InChI=1S/C19H17ClF3NO5S/c1-28-18(25)10-12-4-5-13-3-2-8-24(16(13)9-12)30(26,27)17-7-6-14(11-15(17)20)29-19(21,22)23/h4-7,9,11H,2-3,8,10H2,1H3. The van der Waals surface area contributed by atoms with Gasteiger partial charge in [-0.25, -0.2) is 8.42 Å². The van der Waals surface area contributed by atoms with E-state index in [1.165, 1.54) is 7.11 Å². The van der Waals surface area contributed by atoms with Crippen LogP contribution in [-0.2, 0) is 32.4 Å². The Morgan fingerprint density at radius 1 is 1.20 bits per heavy atom. The molecule has 2 aromatic carbocycles. The predicted octanol–water partition coefficient (Wildman–Crippen LogP) is 4.10. The molecule has 6 nitrogen and oxygen atoms in total. The molecule has 0 N–H and O–H groups in total. The maximum atomic E-state index is 13.2. The highest BCUT2D eigenvalue weighted by molar-refractivity contribution is 7.93. The summed E-state index contributed by atoms with van der Waals surface area (Å²) in [5, 5.41) is -0.394. The number of carbonyl (C=O) groups excluding carboxylic acids is 1. The fourth-order valence-corrected chi connectivity index (χ4v) is 5.24. The quantitative estimate of drug-likeness (QED) is 0.624. The Kier molecular flexibility index (Phi) is 6.19. The molecule has 1 heterocycles. The predicted molar refractivity (Wildman–Crippen MR) is 103 cm³/mol. The van der Waals surface area contributed by atoms with Crippen LogP contribution in [0.5, 0.6) is 5.75 Å². The number of methoxy groups -OCH3 is 1. The molecule has 0 saturated carbocycles. The lowest BCUT2D eigenvalue weighted by Crippen LogP contribution is -2.35. The van der Waals surface area contributed by atoms with Gasteiger partial charge in [-0.05, 0) is 42.2 Å². The van der Waals surface area contributed by atoms with Crippen LogP contribution in [-0.4, -0.2) is 34.4 Å². The van der Waals surface area contributed by atoms with Crippen molar-refractivity contribution in [3.05, 3.63) is 52.5 Å². The third kappa shape index (κ3) is 4.81. The van der Waals surface area contributed by atoms with Crippen molar-refractivity contribution in [1.82, 2.24) is 0 Å². The summed E-state index contributed by atoms with van der Waals surface area (Å²) in [6.45, 7) is 0.161. The van der Waals surface area contributed by atoms with Gasteiger partial charge in [0.1, 0.15) is 10.6 Å². The number of alkyl halides is 3. The van der Waals surface area contributed by atoms with Gasteiger partial charge in [-0.1, -0.05) is 23.7 Å². The lowest BCUT2D eigenvalue weighted by atomic mass is 10.00. The summed E-state index contributed by atoms with van der Waals surface area (Å²) in [7, 11) is -2.91. The molecular formula is C19H17ClF3NO5S. The van der Waals surface area contributed by atoms with Crippen LogP contribution < -0.4 is 9.04 Å². The number of halogens is 4. The Balaban J connectivity index is 1.98. The van der Waals surface area contributed by atoms with Crippen LogP contribution in [0.3, 0.4) is 0 Å². The molecule has 30 heavy (non-hydrogen) atoms. The largest absolute Gasteiger partial charge is 0.573 e. The van der Waals surface area contributed by atoms with E-state index in [0.717, 1.165) is 28.1 Å². The topological polar surface area (TPSA) is 72.9 Å². The number of carbonyl (C=O) groups is 1. The first-order valence-corrected chi connectivity index (χ1v) is 10.6. The van der Waals surface area contributed by atoms with Gasteiger partial charge in [0.25, 0.3) is 10.0 Å². The molecule has 0 atom stereocenters. The van der Waals surface area contributed by atoms with Crippen molar-refractivity contribution in [2.45, 2.75) is 30.5 Å². The molecular weight excluding hydrogens is 447 g/mol. The minimum atomic E-state index is -4.93. The van der Waals surface area contributed by atoms with E-state index in [0.29, 0.717) is 24.1 Å². The highest BCUT2D eigenvalue weighted by Gasteiger charge is 2.34. The molecule has 11 heteroatoms. The van der Waals surface area contributed by atoms with Crippen molar-refractivity contribution < 1.29 is 35.9 Å². The monoisotopic (exact) mass is 463 g/mol. The summed E-state index contributed by atoms with van der Waals surface area (Å²) in [5.41, 5.74) is 1.74. The summed E-state index contributed by atoms with van der Waals surface area (Å²) in [5.74, 6) is -1.09. The van der Waals surface area contributed by atoms with Crippen molar-refractivity contribution in [3.63, 3.8) is 0 Å². The molecule has 1 aliphatic rings. The molecule has 162 valence electrons. The van der Waals surface area contributed by atoms with Gasteiger partial charge in [-0.2, -0.15) is 0 Å². The summed E-state index contributed by atoms with van der Waals surface area (Å²) in [6, 6.07) is 7.74. The van der Waals surface area contributed by atoms with Gasteiger partial charge < -0.3 is 9.47 Å². The maximum Gasteiger partial charge on any atom is 0.573 e. The molecule has 0 aromatic heterocycles. The Morgan fingerprint density at radius 3 is 2.57 bits per heavy atom. The van der Waals surface area contributed by atoms with Gasteiger partial charge in [0.2, 0.25) is 0 Å². The number of rotatable bonds is 5. The first-order chi connectivity index (χ1) is 14.0. The van der Waals surface area contributed by atoms with Gasteiger partial charge >= 0.3 is 12.3 Å². The number of fused-ring (bicyclic) bond motifs is 1. The van der Waals surface area contributed by atoms with E-state index >= 15 is 0 Å². The summed E-state index contributed by atoms with van der Waals surface area (Å²) in [6.07, 6.45) is -3.76. The van der Waals surface area contributed by atoms with Crippen LogP contribution in [0.15, 0.2) is 41.3 Å². The molecule has 0 aliphatic carbocycles. The summed E-state index contributed by atoms with van der Waals surface area (Å²) < 4.78 is 73.2. The second kappa shape index (κ2) is 8.35. The SMILES string of the molecule is COC(=O)Cc1ccc2c(c1)N(S(=O)(=O)c1ccc(OC(F)(F)F)cc1Cl)CCC2. The van der Waals surface area contributed by atoms with Crippen molar-refractivity contribution in [3.8, 4) is 5.75 Å². The van der Waals surface area contributed by atoms with Gasteiger partial charge in [-0.15, -0.1) is 13.2 Å². The number of hydrogen-bond donors (Lipinski definition) is 0.